The van der Waals surface area contributed by atoms with Gasteiger partial charge in [-0.05, 0) is 67.3 Å². The molecule has 1 N–H and O–H groups in total. The molecule has 6 nitrogen and oxygen atoms in total. The zero-order valence-corrected chi connectivity index (χ0v) is 16.3. The highest BCUT2D eigenvalue weighted by atomic mass is 16.6. The number of hydrogen-bond donors (Lipinski definition) is 1. The van der Waals surface area contributed by atoms with E-state index in [-0.39, 0.29) is 12.2 Å². The first-order chi connectivity index (χ1) is 13.3. The van der Waals surface area contributed by atoms with E-state index in [9.17, 15) is 14.9 Å². The number of hydrogen-bond acceptors (Lipinski definition) is 5. The Kier molecular flexibility index (Phi) is 6.94. The van der Waals surface area contributed by atoms with Crippen LogP contribution >= 0.6 is 0 Å². The molecule has 6 heteroatoms. The van der Waals surface area contributed by atoms with Gasteiger partial charge in [-0.15, -0.1) is 0 Å². The molecule has 0 heterocycles. The number of para-hydroxylation sites is 1. The number of nitriles is 1. The lowest BCUT2D eigenvalue weighted by atomic mass is 10.0. The van der Waals surface area contributed by atoms with Gasteiger partial charge in [-0.2, -0.15) is 5.26 Å². The van der Waals surface area contributed by atoms with E-state index in [1.165, 1.54) is 13.2 Å². The molecule has 2 aromatic rings. The van der Waals surface area contributed by atoms with Crippen molar-refractivity contribution in [1.82, 2.24) is 0 Å². The molecule has 0 aliphatic heterocycles. The molecule has 0 aliphatic carbocycles. The number of methoxy groups -OCH3 is 1. The van der Waals surface area contributed by atoms with Crippen molar-refractivity contribution in [3.05, 3.63) is 64.2 Å². The SMILES string of the molecule is COC(=O)COc1c(C)cc(/C=C(/C#N)C(=O)Nc2ccccc2C)cc1C. The maximum atomic E-state index is 12.5. The molecule has 0 fully saturated rings. The fourth-order valence-corrected chi connectivity index (χ4v) is 2.70. The molecule has 0 bridgehead atoms. The molecule has 0 atom stereocenters. The number of rotatable bonds is 6. The summed E-state index contributed by atoms with van der Waals surface area (Å²) in [5.41, 5.74) is 3.82. The van der Waals surface area contributed by atoms with Gasteiger partial charge in [-0.3, -0.25) is 4.79 Å². The highest BCUT2D eigenvalue weighted by Gasteiger charge is 2.13. The van der Waals surface area contributed by atoms with Gasteiger partial charge in [0.05, 0.1) is 7.11 Å². The summed E-state index contributed by atoms with van der Waals surface area (Å²) in [6.07, 6.45) is 1.53. The molecule has 0 spiro atoms. The molecule has 144 valence electrons. The van der Waals surface area contributed by atoms with Crippen molar-refractivity contribution < 1.29 is 19.1 Å². The Balaban J connectivity index is 2.24. The molecule has 0 unspecified atom stereocenters. The van der Waals surface area contributed by atoms with Crippen LogP contribution in [0.4, 0.5) is 5.69 Å². The molecule has 0 radical (unpaired) electrons. The zero-order valence-electron chi connectivity index (χ0n) is 16.3. The van der Waals surface area contributed by atoms with Gasteiger partial charge in [0.15, 0.2) is 6.61 Å². The van der Waals surface area contributed by atoms with Crippen LogP contribution in [-0.2, 0) is 14.3 Å². The van der Waals surface area contributed by atoms with Crippen molar-refractivity contribution in [3.8, 4) is 11.8 Å². The second kappa shape index (κ2) is 9.38. The number of benzene rings is 2. The molecule has 0 saturated carbocycles. The number of nitrogens with zero attached hydrogens (tertiary/aromatic N) is 1. The quantitative estimate of drug-likeness (QED) is 0.470. The van der Waals surface area contributed by atoms with Gasteiger partial charge >= 0.3 is 5.97 Å². The minimum absolute atomic E-state index is 0.00900. The third kappa shape index (κ3) is 5.21. The largest absolute Gasteiger partial charge is 0.481 e. The Labute approximate surface area is 164 Å². The van der Waals surface area contributed by atoms with E-state index in [2.05, 4.69) is 10.1 Å². The smallest absolute Gasteiger partial charge is 0.343 e. The minimum Gasteiger partial charge on any atom is -0.481 e. The summed E-state index contributed by atoms with van der Waals surface area (Å²) in [4.78, 5) is 23.7. The van der Waals surface area contributed by atoms with Gasteiger partial charge < -0.3 is 14.8 Å². The molecule has 0 aliphatic rings. The first-order valence-electron chi connectivity index (χ1n) is 8.65. The predicted octanol–water partition coefficient (Wildman–Crippen LogP) is 3.71. The summed E-state index contributed by atoms with van der Waals surface area (Å²) in [6, 6.07) is 12.9. The Hall–Kier alpha value is -3.59. The van der Waals surface area contributed by atoms with Gasteiger partial charge in [0.1, 0.15) is 17.4 Å². The average molecular weight is 378 g/mol. The van der Waals surface area contributed by atoms with Gasteiger partial charge in [-0.25, -0.2) is 4.79 Å². The fourth-order valence-electron chi connectivity index (χ4n) is 2.70. The van der Waals surface area contributed by atoms with Crippen LogP contribution in [0.3, 0.4) is 0 Å². The first kappa shape index (κ1) is 20.7. The Morgan fingerprint density at radius 3 is 2.32 bits per heavy atom. The molecule has 2 rings (SSSR count). The Morgan fingerprint density at radius 2 is 1.75 bits per heavy atom. The van der Waals surface area contributed by atoms with Crippen molar-refractivity contribution >= 4 is 23.6 Å². The standard InChI is InChI=1S/C22H22N2O4/c1-14-7-5-6-8-19(14)24-22(26)18(12-23)11-17-9-15(2)21(16(3)10-17)28-13-20(25)27-4/h5-11H,13H2,1-4H3,(H,24,26)/b18-11-. The Bertz CT molecular complexity index is 948. The van der Waals surface area contributed by atoms with Crippen molar-refractivity contribution in [2.75, 3.05) is 19.0 Å². The summed E-state index contributed by atoms with van der Waals surface area (Å²) < 4.78 is 10.1. The molecule has 1 amide bonds. The van der Waals surface area contributed by atoms with E-state index in [4.69, 9.17) is 4.74 Å². The van der Waals surface area contributed by atoms with E-state index in [1.54, 1.807) is 18.2 Å². The van der Waals surface area contributed by atoms with Crippen LogP contribution in [0.2, 0.25) is 0 Å². The molecular weight excluding hydrogens is 356 g/mol. The first-order valence-corrected chi connectivity index (χ1v) is 8.65. The van der Waals surface area contributed by atoms with Crippen molar-refractivity contribution in [2.24, 2.45) is 0 Å². The number of carbonyl (C=O) groups excluding carboxylic acids is 2. The summed E-state index contributed by atoms with van der Waals surface area (Å²) in [5, 5.41) is 12.2. The second-order valence-electron chi connectivity index (χ2n) is 6.29. The van der Waals surface area contributed by atoms with Gasteiger partial charge in [-0.1, -0.05) is 18.2 Å². The van der Waals surface area contributed by atoms with Crippen LogP contribution in [0.25, 0.3) is 6.08 Å². The molecule has 0 aromatic heterocycles. The third-order valence-electron chi connectivity index (χ3n) is 4.11. The zero-order chi connectivity index (χ0) is 20.7. The van der Waals surface area contributed by atoms with E-state index in [0.29, 0.717) is 17.0 Å². The molecule has 0 saturated heterocycles. The maximum absolute atomic E-state index is 12.5. The summed E-state index contributed by atoms with van der Waals surface area (Å²) in [7, 11) is 1.30. The number of anilines is 1. The van der Waals surface area contributed by atoms with Crippen LogP contribution in [0, 0.1) is 32.1 Å². The van der Waals surface area contributed by atoms with Crippen LogP contribution in [0.15, 0.2) is 42.0 Å². The molecule has 2 aromatic carbocycles. The average Bonchev–Trinajstić information content (AvgIpc) is 2.66. The number of carbonyl (C=O) groups is 2. The minimum atomic E-state index is -0.474. The van der Waals surface area contributed by atoms with Gasteiger partial charge in [0.2, 0.25) is 0 Å². The summed E-state index contributed by atoms with van der Waals surface area (Å²) in [5.74, 6) is -0.369. The van der Waals surface area contributed by atoms with Crippen molar-refractivity contribution in [1.29, 1.82) is 5.26 Å². The number of amides is 1. The lowest BCUT2D eigenvalue weighted by Crippen LogP contribution is -2.14. The normalized spacial score (nSPS) is 10.8. The van der Waals surface area contributed by atoms with Crippen LogP contribution in [0.5, 0.6) is 5.75 Å². The topological polar surface area (TPSA) is 88.4 Å². The number of ether oxygens (including phenoxy) is 2. The summed E-state index contributed by atoms with van der Waals surface area (Å²) >= 11 is 0. The highest BCUT2D eigenvalue weighted by Crippen LogP contribution is 2.26. The molecular formula is C22H22N2O4. The third-order valence-corrected chi connectivity index (χ3v) is 4.11. The van der Waals surface area contributed by atoms with E-state index in [0.717, 1.165) is 16.7 Å². The lowest BCUT2D eigenvalue weighted by molar-refractivity contribution is -0.142. The van der Waals surface area contributed by atoms with E-state index < -0.39 is 11.9 Å². The predicted molar refractivity (Wildman–Crippen MR) is 107 cm³/mol. The van der Waals surface area contributed by atoms with Crippen LogP contribution in [-0.4, -0.2) is 25.6 Å². The summed E-state index contributed by atoms with van der Waals surface area (Å²) in [6.45, 7) is 5.35. The number of esters is 1. The lowest BCUT2D eigenvalue weighted by Gasteiger charge is -2.12. The molecule has 28 heavy (non-hydrogen) atoms. The van der Waals surface area contributed by atoms with E-state index in [1.807, 2.05) is 45.0 Å². The number of nitrogens with one attached hydrogen (secondary N) is 1. The fraction of sp³-hybridized carbons (Fsp3) is 0.227. The monoisotopic (exact) mass is 378 g/mol. The van der Waals surface area contributed by atoms with Gasteiger partial charge in [0.25, 0.3) is 5.91 Å². The van der Waals surface area contributed by atoms with E-state index >= 15 is 0 Å². The van der Waals surface area contributed by atoms with Crippen LogP contribution in [0.1, 0.15) is 22.3 Å². The van der Waals surface area contributed by atoms with Crippen LogP contribution < -0.4 is 10.1 Å². The van der Waals surface area contributed by atoms with Crippen molar-refractivity contribution in [3.63, 3.8) is 0 Å². The van der Waals surface area contributed by atoms with Crippen molar-refractivity contribution in [2.45, 2.75) is 20.8 Å². The van der Waals surface area contributed by atoms with Gasteiger partial charge in [0, 0.05) is 5.69 Å². The Morgan fingerprint density at radius 1 is 1.11 bits per heavy atom. The number of aryl methyl sites for hydroxylation is 3. The maximum Gasteiger partial charge on any atom is 0.343 e. The highest BCUT2D eigenvalue weighted by molar-refractivity contribution is 6.10. The second-order valence-corrected chi connectivity index (χ2v) is 6.29.